The molecule has 0 aliphatic carbocycles. The van der Waals surface area contributed by atoms with E-state index in [9.17, 15) is 5.11 Å². The zero-order valence-corrected chi connectivity index (χ0v) is 13.4. The van der Waals surface area contributed by atoms with Gasteiger partial charge in [0.1, 0.15) is 5.82 Å². The van der Waals surface area contributed by atoms with Crippen molar-refractivity contribution in [3.8, 4) is 0 Å². The summed E-state index contributed by atoms with van der Waals surface area (Å²) in [6.45, 7) is 5.41. The molecule has 0 saturated carbocycles. The lowest BCUT2D eigenvalue weighted by Crippen LogP contribution is -2.14. The van der Waals surface area contributed by atoms with E-state index in [-0.39, 0.29) is 6.10 Å². The molecule has 1 heterocycles. The minimum absolute atomic E-state index is 0.233. The van der Waals surface area contributed by atoms with Gasteiger partial charge in [-0.3, -0.25) is 0 Å². The molecule has 1 aromatic heterocycles. The standard InChI is InChI=1S/C17H32N2O/c1-3-5-6-7-8-9-10-11-16(20)15-17-18-12-14-19(17)13-4-2/h12,14,16,20H,3-11,13,15H2,1-2H3. The molecule has 1 rings (SSSR count). The first-order valence-corrected chi connectivity index (χ1v) is 8.46. The average Bonchev–Trinajstić information content (AvgIpc) is 2.85. The third kappa shape index (κ3) is 7.09. The second-order valence-corrected chi connectivity index (χ2v) is 5.80. The Kier molecular flexibility index (Phi) is 9.38. The number of aryl methyl sites for hydroxylation is 1. The maximum Gasteiger partial charge on any atom is 0.111 e. The topological polar surface area (TPSA) is 38.1 Å². The number of aliphatic hydroxyl groups excluding tert-OH is 1. The fourth-order valence-corrected chi connectivity index (χ4v) is 2.62. The van der Waals surface area contributed by atoms with Crippen molar-refractivity contribution < 1.29 is 5.11 Å². The Morgan fingerprint density at radius 3 is 2.45 bits per heavy atom. The van der Waals surface area contributed by atoms with Gasteiger partial charge in [0, 0.05) is 25.4 Å². The van der Waals surface area contributed by atoms with Crippen LogP contribution in [0.25, 0.3) is 0 Å². The number of aromatic nitrogens is 2. The molecule has 1 aromatic rings. The molecule has 0 aliphatic rings. The van der Waals surface area contributed by atoms with Crippen LogP contribution in [-0.2, 0) is 13.0 Å². The van der Waals surface area contributed by atoms with Crippen LogP contribution in [0.5, 0.6) is 0 Å². The Balaban J connectivity index is 2.10. The predicted octanol–water partition coefficient (Wildman–Crippen LogP) is 4.34. The fourth-order valence-electron chi connectivity index (χ4n) is 2.62. The van der Waals surface area contributed by atoms with Crippen LogP contribution in [0.15, 0.2) is 12.4 Å². The number of unbranched alkanes of at least 4 members (excludes halogenated alkanes) is 6. The molecule has 0 aliphatic heterocycles. The largest absolute Gasteiger partial charge is 0.393 e. The van der Waals surface area contributed by atoms with Gasteiger partial charge in [0.05, 0.1) is 6.10 Å². The molecule has 0 fully saturated rings. The molecule has 116 valence electrons. The van der Waals surface area contributed by atoms with E-state index in [1.165, 1.54) is 38.5 Å². The molecule has 1 N–H and O–H groups in total. The van der Waals surface area contributed by atoms with Gasteiger partial charge in [-0.2, -0.15) is 0 Å². The predicted molar refractivity (Wildman–Crippen MR) is 84.8 cm³/mol. The van der Waals surface area contributed by atoms with E-state index in [1.54, 1.807) is 0 Å². The van der Waals surface area contributed by atoms with E-state index in [0.29, 0.717) is 6.42 Å². The van der Waals surface area contributed by atoms with Gasteiger partial charge in [0.15, 0.2) is 0 Å². The first-order chi connectivity index (χ1) is 9.77. The zero-order chi connectivity index (χ0) is 14.6. The van der Waals surface area contributed by atoms with Crippen LogP contribution in [0.4, 0.5) is 0 Å². The molecule has 0 radical (unpaired) electrons. The molecular formula is C17H32N2O. The number of aliphatic hydroxyl groups is 1. The Bertz CT molecular complexity index is 335. The monoisotopic (exact) mass is 280 g/mol. The van der Waals surface area contributed by atoms with Crippen molar-refractivity contribution in [3.05, 3.63) is 18.2 Å². The Hall–Kier alpha value is -0.830. The van der Waals surface area contributed by atoms with E-state index in [0.717, 1.165) is 31.6 Å². The highest BCUT2D eigenvalue weighted by Gasteiger charge is 2.09. The summed E-state index contributed by atoms with van der Waals surface area (Å²) in [6.07, 6.45) is 15.4. The highest BCUT2D eigenvalue weighted by molar-refractivity contribution is 4.94. The van der Waals surface area contributed by atoms with Gasteiger partial charge >= 0.3 is 0 Å². The summed E-state index contributed by atoms with van der Waals surface area (Å²) < 4.78 is 2.16. The number of hydrogen-bond donors (Lipinski definition) is 1. The smallest absolute Gasteiger partial charge is 0.111 e. The summed E-state index contributed by atoms with van der Waals surface area (Å²) >= 11 is 0. The van der Waals surface area contributed by atoms with Crippen molar-refractivity contribution in [2.45, 2.75) is 90.7 Å². The van der Waals surface area contributed by atoms with E-state index in [1.807, 2.05) is 12.4 Å². The summed E-state index contributed by atoms with van der Waals surface area (Å²) in [7, 11) is 0. The normalized spacial score (nSPS) is 12.8. The van der Waals surface area contributed by atoms with Gasteiger partial charge in [0.2, 0.25) is 0 Å². The van der Waals surface area contributed by atoms with Crippen molar-refractivity contribution in [1.29, 1.82) is 0 Å². The molecule has 0 spiro atoms. The molecule has 3 heteroatoms. The Labute approximate surface area is 124 Å². The Morgan fingerprint density at radius 2 is 1.75 bits per heavy atom. The molecule has 0 amide bonds. The SMILES string of the molecule is CCCCCCCCCC(O)Cc1nccn1CCC. The van der Waals surface area contributed by atoms with Gasteiger partial charge < -0.3 is 9.67 Å². The Morgan fingerprint density at radius 1 is 1.05 bits per heavy atom. The minimum Gasteiger partial charge on any atom is -0.393 e. The quantitative estimate of drug-likeness (QED) is 0.578. The first kappa shape index (κ1) is 17.2. The van der Waals surface area contributed by atoms with E-state index < -0.39 is 0 Å². The maximum absolute atomic E-state index is 10.1. The van der Waals surface area contributed by atoms with Crippen LogP contribution in [0.2, 0.25) is 0 Å². The van der Waals surface area contributed by atoms with Crippen molar-refractivity contribution in [1.82, 2.24) is 9.55 Å². The van der Waals surface area contributed by atoms with Gasteiger partial charge in [-0.1, -0.05) is 58.8 Å². The second kappa shape index (κ2) is 10.9. The number of nitrogens with zero attached hydrogens (tertiary/aromatic N) is 2. The molecule has 3 nitrogen and oxygen atoms in total. The van der Waals surface area contributed by atoms with Crippen molar-refractivity contribution in [2.75, 3.05) is 0 Å². The molecule has 1 atom stereocenters. The van der Waals surface area contributed by atoms with Crippen LogP contribution >= 0.6 is 0 Å². The van der Waals surface area contributed by atoms with Gasteiger partial charge in [-0.25, -0.2) is 4.98 Å². The number of hydrogen-bond acceptors (Lipinski definition) is 2. The minimum atomic E-state index is -0.233. The van der Waals surface area contributed by atoms with E-state index in [4.69, 9.17) is 0 Å². The molecule has 0 saturated heterocycles. The molecular weight excluding hydrogens is 248 g/mol. The lowest BCUT2D eigenvalue weighted by molar-refractivity contribution is 0.157. The van der Waals surface area contributed by atoms with Crippen LogP contribution < -0.4 is 0 Å². The summed E-state index contributed by atoms with van der Waals surface area (Å²) in [6, 6.07) is 0. The summed E-state index contributed by atoms with van der Waals surface area (Å²) in [5.41, 5.74) is 0. The number of rotatable bonds is 12. The highest BCUT2D eigenvalue weighted by atomic mass is 16.3. The van der Waals surface area contributed by atoms with Gasteiger partial charge in [-0.15, -0.1) is 0 Å². The summed E-state index contributed by atoms with van der Waals surface area (Å²) in [4.78, 5) is 4.36. The molecule has 1 unspecified atom stereocenters. The summed E-state index contributed by atoms with van der Waals surface area (Å²) in [5, 5.41) is 10.1. The van der Waals surface area contributed by atoms with Crippen LogP contribution in [-0.4, -0.2) is 20.8 Å². The molecule has 0 bridgehead atoms. The maximum atomic E-state index is 10.1. The van der Waals surface area contributed by atoms with Crippen LogP contribution in [0, 0.1) is 0 Å². The first-order valence-electron chi connectivity index (χ1n) is 8.46. The van der Waals surface area contributed by atoms with Crippen LogP contribution in [0.3, 0.4) is 0 Å². The second-order valence-electron chi connectivity index (χ2n) is 5.80. The van der Waals surface area contributed by atoms with Gasteiger partial charge in [-0.05, 0) is 12.8 Å². The lowest BCUT2D eigenvalue weighted by atomic mass is 10.0. The van der Waals surface area contributed by atoms with E-state index >= 15 is 0 Å². The fraction of sp³-hybridized carbons (Fsp3) is 0.824. The molecule has 0 aromatic carbocycles. The zero-order valence-electron chi connectivity index (χ0n) is 13.4. The molecule has 20 heavy (non-hydrogen) atoms. The van der Waals surface area contributed by atoms with Crippen LogP contribution in [0.1, 0.15) is 77.5 Å². The lowest BCUT2D eigenvalue weighted by Gasteiger charge is -2.12. The average molecular weight is 280 g/mol. The van der Waals surface area contributed by atoms with Crippen molar-refractivity contribution >= 4 is 0 Å². The van der Waals surface area contributed by atoms with Gasteiger partial charge in [0.25, 0.3) is 0 Å². The third-order valence-corrected chi connectivity index (χ3v) is 3.83. The van der Waals surface area contributed by atoms with Crippen molar-refractivity contribution in [2.24, 2.45) is 0 Å². The van der Waals surface area contributed by atoms with E-state index in [2.05, 4.69) is 23.4 Å². The highest BCUT2D eigenvalue weighted by Crippen LogP contribution is 2.12. The third-order valence-electron chi connectivity index (χ3n) is 3.83. The number of imidazole rings is 1. The van der Waals surface area contributed by atoms with Crippen molar-refractivity contribution in [3.63, 3.8) is 0 Å². The summed E-state index contributed by atoms with van der Waals surface area (Å²) in [5.74, 6) is 1.03.